The number of nitrogens with zero attached hydrogens (tertiary/aromatic N) is 4. The third-order valence-corrected chi connectivity index (χ3v) is 5.67. The van der Waals surface area contributed by atoms with E-state index in [0.717, 1.165) is 48.9 Å². The van der Waals surface area contributed by atoms with Gasteiger partial charge in [-0.25, -0.2) is 9.97 Å². The number of carbonyl (C=O) groups excluding carboxylic acids is 2. The number of ketones is 2. The SMILES string of the molecule is O=C(/C=C/c1ccc(N2CCCC2)nc1)CC(=O)/C=C/c1ccc(N2CCCC2)nc1. The quantitative estimate of drug-likeness (QED) is 0.480. The van der Waals surface area contributed by atoms with Crippen molar-refractivity contribution in [3.05, 3.63) is 59.9 Å². The predicted molar refractivity (Wildman–Crippen MR) is 124 cm³/mol. The molecule has 2 aromatic heterocycles. The van der Waals surface area contributed by atoms with Gasteiger partial charge in [0, 0.05) is 38.6 Å². The Bertz CT molecular complexity index is 873. The molecule has 0 amide bonds. The van der Waals surface area contributed by atoms with Crippen molar-refractivity contribution in [1.82, 2.24) is 9.97 Å². The van der Waals surface area contributed by atoms with Crippen molar-refractivity contribution in [3.8, 4) is 0 Å². The minimum atomic E-state index is -0.222. The maximum absolute atomic E-state index is 12.1. The summed E-state index contributed by atoms with van der Waals surface area (Å²) in [7, 11) is 0. The third-order valence-electron chi connectivity index (χ3n) is 5.67. The number of hydrogen-bond acceptors (Lipinski definition) is 6. The van der Waals surface area contributed by atoms with E-state index in [1.807, 2.05) is 24.3 Å². The largest absolute Gasteiger partial charge is 0.357 e. The van der Waals surface area contributed by atoms with Crippen molar-refractivity contribution < 1.29 is 9.59 Å². The van der Waals surface area contributed by atoms with Crippen LogP contribution in [0.1, 0.15) is 43.2 Å². The highest BCUT2D eigenvalue weighted by Gasteiger charge is 2.13. The summed E-state index contributed by atoms with van der Waals surface area (Å²) in [6.07, 6.45) is 14.5. The Morgan fingerprint density at radius 1 is 0.710 bits per heavy atom. The zero-order valence-electron chi connectivity index (χ0n) is 17.7. The van der Waals surface area contributed by atoms with E-state index in [0.29, 0.717) is 0 Å². The molecule has 2 aliphatic heterocycles. The third kappa shape index (κ3) is 5.87. The monoisotopic (exact) mass is 416 g/mol. The molecule has 2 fully saturated rings. The normalized spacial score (nSPS) is 16.6. The maximum Gasteiger partial charge on any atom is 0.163 e. The van der Waals surface area contributed by atoms with Gasteiger partial charge in [-0.15, -0.1) is 0 Å². The topological polar surface area (TPSA) is 66.4 Å². The smallest absolute Gasteiger partial charge is 0.163 e. The number of carbonyl (C=O) groups is 2. The molecule has 0 saturated carbocycles. The summed E-state index contributed by atoms with van der Waals surface area (Å²) in [4.78, 5) is 37.7. The van der Waals surface area contributed by atoms with Crippen LogP contribution in [0.2, 0.25) is 0 Å². The molecule has 4 rings (SSSR count). The first kappa shape index (κ1) is 21.0. The summed E-state index contributed by atoms with van der Waals surface area (Å²) in [6, 6.07) is 7.86. The average molecular weight is 417 g/mol. The number of aromatic nitrogens is 2. The molecule has 31 heavy (non-hydrogen) atoms. The van der Waals surface area contributed by atoms with Gasteiger partial charge in [-0.05, 0) is 85.4 Å². The molecule has 0 spiro atoms. The molecule has 4 heterocycles. The molecule has 0 atom stereocenters. The van der Waals surface area contributed by atoms with E-state index in [1.54, 1.807) is 24.5 Å². The minimum absolute atomic E-state index is 0.147. The maximum atomic E-state index is 12.1. The molecule has 0 aliphatic carbocycles. The Labute approximate surface area is 183 Å². The molecule has 0 unspecified atom stereocenters. The molecule has 2 saturated heterocycles. The van der Waals surface area contributed by atoms with Crippen LogP contribution in [0.15, 0.2) is 48.8 Å². The standard InChI is InChI=1S/C25H28N4O2/c30-22(9-5-20-7-11-24(26-18-20)28-13-1-2-14-28)17-23(31)10-6-21-8-12-25(27-19-21)29-15-3-4-16-29/h5-12,18-19H,1-4,13-17H2/b9-5+,10-6+. The molecular weight excluding hydrogens is 388 g/mol. The average Bonchev–Trinajstić information content (AvgIpc) is 3.52. The van der Waals surface area contributed by atoms with Gasteiger partial charge in [0.15, 0.2) is 11.6 Å². The van der Waals surface area contributed by atoms with Gasteiger partial charge in [0.2, 0.25) is 0 Å². The van der Waals surface area contributed by atoms with Gasteiger partial charge in [0.25, 0.3) is 0 Å². The van der Waals surface area contributed by atoms with Crippen LogP contribution in [0.5, 0.6) is 0 Å². The summed E-state index contributed by atoms with van der Waals surface area (Å²) >= 11 is 0. The Morgan fingerprint density at radius 2 is 1.13 bits per heavy atom. The molecule has 0 bridgehead atoms. The lowest BCUT2D eigenvalue weighted by molar-refractivity contribution is -0.121. The molecule has 2 aromatic rings. The fourth-order valence-corrected chi connectivity index (χ4v) is 3.93. The van der Waals surface area contributed by atoms with Crippen LogP contribution < -0.4 is 9.80 Å². The van der Waals surface area contributed by atoms with Crippen LogP contribution in [0.3, 0.4) is 0 Å². The highest BCUT2D eigenvalue weighted by molar-refractivity contribution is 6.10. The molecule has 0 radical (unpaired) electrons. The predicted octanol–water partition coefficient (Wildman–Crippen LogP) is 3.93. The van der Waals surface area contributed by atoms with E-state index >= 15 is 0 Å². The zero-order chi connectivity index (χ0) is 21.5. The summed E-state index contributed by atoms with van der Waals surface area (Å²) in [5, 5.41) is 0. The van der Waals surface area contributed by atoms with Gasteiger partial charge in [0.05, 0.1) is 6.42 Å². The van der Waals surface area contributed by atoms with Gasteiger partial charge in [0.1, 0.15) is 11.6 Å². The molecule has 2 aliphatic rings. The van der Waals surface area contributed by atoms with Gasteiger partial charge in [-0.3, -0.25) is 9.59 Å². The molecule has 6 heteroatoms. The number of rotatable bonds is 8. The fourth-order valence-electron chi connectivity index (χ4n) is 3.93. The Kier molecular flexibility index (Phi) is 6.87. The summed E-state index contributed by atoms with van der Waals surface area (Å²) in [5.74, 6) is 1.51. The summed E-state index contributed by atoms with van der Waals surface area (Å²) in [6.45, 7) is 4.20. The van der Waals surface area contributed by atoms with Gasteiger partial charge >= 0.3 is 0 Å². The van der Waals surface area contributed by atoms with E-state index in [1.165, 1.54) is 37.8 Å². The second-order valence-corrected chi connectivity index (χ2v) is 8.06. The van der Waals surface area contributed by atoms with Gasteiger partial charge in [-0.1, -0.05) is 0 Å². The van der Waals surface area contributed by atoms with E-state index < -0.39 is 0 Å². The van der Waals surface area contributed by atoms with Crippen LogP contribution in [0, 0.1) is 0 Å². The lowest BCUT2D eigenvalue weighted by Crippen LogP contribution is -2.18. The second kappa shape index (κ2) is 10.2. The van der Waals surface area contributed by atoms with Gasteiger partial charge < -0.3 is 9.80 Å². The highest BCUT2D eigenvalue weighted by Crippen LogP contribution is 2.19. The Hall–Kier alpha value is -3.28. The van der Waals surface area contributed by atoms with Crippen LogP contribution in [0.25, 0.3) is 12.2 Å². The lowest BCUT2D eigenvalue weighted by Gasteiger charge is -2.15. The van der Waals surface area contributed by atoms with Crippen LogP contribution in [-0.4, -0.2) is 47.7 Å². The van der Waals surface area contributed by atoms with E-state index in [-0.39, 0.29) is 18.0 Å². The van der Waals surface area contributed by atoms with Crippen LogP contribution in [-0.2, 0) is 9.59 Å². The van der Waals surface area contributed by atoms with E-state index in [9.17, 15) is 9.59 Å². The minimum Gasteiger partial charge on any atom is -0.357 e. The highest BCUT2D eigenvalue weighted by atomic mass is 16.1. The van der Waals surface area contributed by atoms with Crippen molar-refractivity contribution in [3.63, 3.8) is 0 Å². The van der Waals surface area contributed by atoms with Crippen LogP contribution in [0.4, 0.5) is 11.6 Å². The zero-order valence-corrected chi connectivity index (χ0v) is 17.7. The van der Waals surface area contributed by atoms with E-state index in [2.05, 4.69) is 19.8 Å². The summed E-state index contributed by atoms with van der Waals surface area (Å²) < 4.78 is 0. The van der Waals surface area contributed by atoms with Gasteiger partial charge in [-0.2, -0.15) is 0 Å². The molecule has 6 nitrogen and oxygen atoms in total. The van der Waals surface area contributed by atoms with Crippen molar-refractivity contribution in [2.75, 3.05) is 36.0 Å². The molecular formula is C25H28N4O2. The first-order valence-corrected chi connectivity index (χ1v) is 11.0. The first-order chi connectivity index (χ1) is 15.2. The van der Waals surface area contributed by atoms with Crippen molar-refractivity contribution in [2.24, 2.45) is 0 Å². The number of hydrogen-bond donors (Lipinski definition) is 0. The number of allylic oxidation sites excluding steroid dienone is 2. The molecule has 160 valence electrons. The Morgan fingerprint density at radius 3 is 1.48 bits per heavy atom. The van der Waals surface area contributed by atoms with Crippen molar-refractivity contribution in [2.45, 2.75) is 32.1 Å². The number of pyridine rings is 2. The second-order valence-electron chi connectivity index (χ2n) is 8.06. The first-order valence-electron chi connectivity index (χ1n) is 11.0. The van der Waals surface area contributed by atoms with Crippen molar-refractivity contribution in [1.29, 1.82) is 0 Å². The van der Waals surface area contributed by atoms with E-state index in [4.69, 9.17) is 0 Å². The summed E-state index contributed by atoms with van der Waals surface area (Å²) in [5.41, 5.74) is 1.70. The molecule has 0 aromatic carbocycles. The Balaban J connectivity index is 1.25. The van der Waals surface area contributed by atoms with Crippen molar-refractivity contribution >= 4 is 35.4 Å². The molecule has 0 N–H and O–H groups in total. The lowest BCUT2D eigenvalue weighted by atomic mass is 10.1. The van der Waals surface area contributed by atoms with Crippen LogP contribution >= 0.6 is 0 Å². The number of anilines is 2. The fraction of sp³-hybridized carbons (Fsp3) is 0.360.